The van der Waals surface area contributed by atoms with Gasteiger partial charge in [-0.25, -0.2) is 4.79 Å². The summed E-state index contributed by atoms with van der Waals surface area (Å²) in [6.07, 6.45) is -1.67. The molecular formula is C12H15BrO6. The number of carbonyl (C=O) groups excluding carboxylic acids is 1. The standard InChI is InChI=1S/C12H15BrO6/c1-4-19-12(16)10(15)8-9(14)6(13)5-7(17-2)11(8)18-3/h5,10,14-15H,4H2,1-3H3. The maximum atomic E-state index is 11.6. The molecule has 0 amide bonds. The van der Waals surface area contributed by atoms with E-state index in [4.69, 9.17) is 14.2 Å². The van der Waals surface area contributed by atoms with E-state index in [1.807, 2.05) is 0 Å². The van der Waals surface area contributed by atoms with Gasteiger partial charge in [-0.05, 0) is 22.9 Å². The Morgan fingerprint density at radius 1 is 1.42 bits per heavy atom. The lowest BCUT2D eigenvalue weighted by atomic mass is 10.1. The van der Waals surface area contributed by atoms with Crippen LogP contribution in [-0.4, -0.2) is 37.0 Å². The first-order valence-electron chi connectivity index (χ1n) is 5.45. The van der Waals surface area contributed by atoms with Gasteiger partial charge in [-0.15, -0.1) is 0 Å². The van der Waals surface area contributed by atoms with Gasteiger partial charge in [-0.1, -0.05) is 0 Å². The van der Waals surface area contributed by atoms with Gasteiger partial charge in [0.25, 0.3) is 0 Å². The molecule has 0 aromatic heterocycles. The van der Waals surface area contributed by atoms with Gasteiger partial charge in [0.2, 0.25) is 0 Å². The number of hydrogen-bond acceptors (Lipinski definition) is 6. The number of hydrogen-bond donors (Lipinski definition) is 2. The van der Waals surface area contributed by atoms with Crippen molar-refractivity contribution in [2.24, 2.45) is 0 Å². The number of halogens is 1. The number of phenols is 1. The van der Waals surface area contributed by atoms with E-state index in [0.717, 1.165) is 0 Å². The van der Waals surface area contributed by atoms with Crippen molar-refractivity contribution >= 4 is 21.9 Å². The van der Waals surface area contributed by atoms with E-state index in [-0.39, 0.29) is 33.9 Å². The Bertz CT molecular complexity index is 474. The highest BCUT2D eigenvalue weighted by atomic mass is 79.9. The quantitative estimate of drug-likeness (QED) is 0.798. The SMILES string of the molecule is CCOC(=O)C(O)c1c(O)c(Br)cc(OC)c1OC. The number of rotatable bonds is 5. The highest BCUT2D eigenvalue weighted by Crippen LogP contribution is 2.45. The summed E-state index contributed by atoms with van der Waals surface area (Å²) < 4.78 is 15.1. The van der Waals surface area contributed by atoms with Gasteiger partial charge in [0, 0.05) is 6.07 Å². The van der Waals surface area contributed by atoms with Crippen molar-refractivity contribution in [1.82, 2.24) is 0 Å². The van der Waals surface area contributed by atoms with E-state index >= 15 is 0 Å². The number of aromatic hydroxyl groups is 1. The monoisotopic (exact) mass is 334 g/mol. The molecule has 106 valence electrons. The van der Waals surface area contributed by atoms with Gasteiger partial charge in [0.1, 0.15) is 5.75 Å². The van der Waals surface area contributed by atoms with E-state index in [1.165, 1.54) is 20.3 Å². The van der Waals surface area contributed by atoms with Crippen molar-refractivity contribution in [3.8, 4) is 17.2 Å². The molecule has 0 aliphatic rings. The van der Waals surface area contributed by atoms with Gasteiger partial charge < -0.3 is 24.4 Å². The number of phenolic OH excluding ortho intramolecular Hbond substituents is 1. The van der Waals surface area contributed by atoms with Crippen molar-refractivity contribution < 1.29 is 29.2 Å². The molecule has 0 aliphatic heterocycles. The molecule has 0 radical (unpaired) electrons. The fraction of sp³-hybridized carbons (Fsp3) is 0.417. The van der Waals surface area contributed by atoms with Crippen molar-refractivity contribution in [3.05, 3.63) is 16.1 Å². The first-order chi connectivity index (χ1) is 8.97. The van der Waals surface area contributed by atoms with Crippen LogP contribution in [0.25, 0.3) is 0 Å². The predicted octanol–water partition coefficient (Wildman–Crippen LogP) is 1.77. The zero-order chi connectivity index (χ0) is 14.6. The van der Waals surface area contributed by atoms with Gasteiger partial charge in [-0.2, -0.15) is 0 Å². The minimum absolute atomic E-state index is 0.0729. The number of benzene rings is 1. The maximum absolute atomic E-state index is 11.6. The second-order valence-electron chi connectivity index (χ2n) is 3.51. The van der Waals surface area contributed by atoms with Crippen molar-refractivity contribution in [1.29, 1.82) is 0 Å². The van der Waals surface area contributed by atoms with Gasteiger partial charge >= 0.3 is 5.97 Å². The van der Waals surface area contributed by atoms with Crippen molar-refractivity contribution in [2.45, 2.75) is 13.0 Å². The Kier molecular flexibility index (Phi) is 5.44. The van der Waals surface area contributed by atoms with Crippen LogP contribution in [0.15, 0.2) is 10.5 Å². The van der Waals surface area contributed by atoms with Crippen LogP contribution < -0.4 is 9.47 Å². The third kappa shape index (κ3) is 3.10. The van der Waals surface area contributed by atoms with E-state index in [9.17, 15) is 15.0 Å². The second-order valence-corrected chi connectivity index (χ2v) is 4.37. The molecule has 7 heteroatoms. The molecule has 0 aliphatic carbocycles. The molecule has 6 nitrogen and oxygen atoms in total. The summed E-state index contributed by atoms with van der Waals surface area (Å²) in [4.78, 5) is 11.6. The third-order valence-electron chi connectivity index (χ3n) is 2.41. The van der Waals surface area contributed by atoms with Crippen LogP contribution in [0.3, 0.4) is 0 Å². The Morgan fingerprint density at radius 2 is 2.05 bits per heavy atom. The molecule has 0 bridgehead atoms. The van der Waals surface area contributed by atoms with E-state index in [0.29, 0.717) is 0 Å². The highest BCUT2D eigenvalue weighted by molar-refractivity contribution is 9.10. The van der Waals surface area contributed by atoms with Crippen LogP contribution in [0.2, 0.25) is 0 Å². The predicted molar refractivity (Wildman–Crippen MR) is 70.5 cm³/mol. The Balaban J connectivity index is 3.38. The lowest BCUT2D eigenvalue weighted by Crippen LogP contribution is -2.16. The number of aliphatic hydroxyl groups is 1. The highest BCUT2D eigenvalue weighted by Gasteiger charge is 2.30. The first kappa shape index (κ1) is 15.6. The molecule has 19 heavy (non-hydrogen) atoms. The lowest BCUT2D eigenvalue weighted by Gasteiger charge is -2.18. The number of carbonyl (C=O) groups is 1. The van der Waals surface area contributed by atoms with Crippen molar-refractivity contribution in [3.63, 3.8) is 0 Å². The van der Waals surface area contributed by atoms with Crippen LogP contribution in [0.4, 0.5) is 0 Å². The zero-order valence-corrected chi connectivity index (χ0v) is 12.4. The summed E-state index contributed by atoms with van der Waals surface area (Å²) in [6, 6.07) is 1.47. The minimum Gasteiger partial charge on any atom is -0.506 e. The van der Waals surface area contributed by atoms with Gasteiger partial charge in [0.05, 0.1) is 30.9 Å². The fourth-order valence-corrected chi connectivity index (χ4v) is 1.99. The molecular weight excluding hydrogens is 320 g/mol. The van der Waals surface area contributed by atoms with Crippen LogP contribution >= 0.6 is 15.9 Å². The van der Waals surface area contributed by atoms with Crippen LogP contribution in [-0.2, 0) is 9.53 Å². The normalized spacial score (nSPS) is 11.8. The zero-order valence-electron chi connectivity index (χ0n) is 10.8. The average Bonchev–Trinajstić information content (AvgIpc) is 2.40. The molecule has 0 spiro atoms. The summed E-state index contributed by atoms with van der Waals surface area (Å²) in [5.41, 5.74) is -0.104. The molecule has 0 saturated heterocycles. The minimum atomic E-state index is -1.67. The molecule has 0 heterocycles. The molecule has 1 aromatic rings. The lowest BCUT2D eigenvalue weighted by molar-refractivity contribution is -0.153. The molecule has 0 saturated carbocycles. The first-order valence-corrected chi connectivity index (χ1v) is 6.25. The average molecular weight is 335 g/mol. The number of ether oxygens (including phenoxy) is 3. The van der Waals surface area contributed by atoms with E-state index in [2.05, 4.69) is 15.9 Å². The second kappa shape index (κ2) is 6.63. The van der Waals surface area contributed by atoms with Crippen LogP contribution in [0.1, 0.15) is 18.6 Å². The molecule has 2 N–H and O–H groups in total. The maximum Gasteiger partial charge on any atom is 0.339 e. The smallest absolute Gasteiger partial charge is 0.339 e. The Morgan fingerprint density at radius 3 is 2.53 bits per heavy atom. The fourth-order valence-electron chi connectivity index (χ4n) is 1.57. The molecule has 1 atom stereocenters. The molecule has 1 rings (SSSR count). The van der Waals surface area contributed by atoms with E-state index < -0.39 is 12.1 Å². The number of aliphatic hydroxyl groups excluding tert-OH is 1. The summed E-state index contributed by atoms with van der Waals surface area (Å²) in [7, 11) is 2.74. The Hall–Kier alpha value is -1.47. The van der Waals surface area contributed by atoms with Crippen LogP contribution in [0, 0.1) is 0 Å². The summed E-state index contributed by atoms with van der Waals surface area (Å²) >= 11 is 3.11. The van der Waals surface area contributed by atoms with Gasteiger partial charge in [-0.3, -0.25) is 0 Å². The number of methoxy groups -OCH3 is 2. The summed E-state index contributed by atoms with van der Waals surface area (Å²) in [5.74, 6) is -0.844. The molecule has 1 aromatic carbocycles. The third-order valence-corrected chi connectivity index (χ3v) is 3.02. The summed E-state index contributed by atoms with van der Waals surface area (Å²) in [6.45, 7) is 1.73. The van der Waals surface area contributed by atoms with E-state index in [1.54, 1.807) is 6.92 Å². The Labute approximate surface area is 119 Å². The van der Waals surface area contributed by atoms with Gasteiger partial charge in [0.15, 0.2) is 17.6 Å². The summed E-state index contributed by atoms with van der Waals surface area (Å²) in [5, 5.41) is 19.9. The van der Waals surface area contributed by atoms with Crippen molar-refractivity contribution in [2.75, 3.05) is 20.8 Å². The number of esters is 1. The largest absolute Gasteiger partial charge is 0.506 e. The molecule has 0 fully saturated rings. The topological polar surface area (TPSA) is 85.2 Å². The molecule has 1 unspecified atom stereocenters. The van der Waals surface area contributed by atoms with Crippen LogP contribution in [0.5, 0.6) is 17.2 Å².